The van der Waals surface area contributed by atoms with Gasteiger partial charge >= 0.3 is 0 Å². The first kappa shape index (κ1) is 13.5. The topological polar surface area (TPSA) is 51.0 Å². The minimum absolute atomic E-state index is 0.0812. The molecule has 0 aliphatic carbocycles. The number of rotatable bonds is 4. The summed E-state index contributed by atoms with van der Waals surface area (Å²) in [5.74, 6) is 1.69. The highest BCUT2D eigenvalue weighted by atomic mass is 16.5. The van der Waals surface area contributed by atoms with Gasteiger partial charge in [-0.25, -0.2) is 0 Å². The average molecular weight is 251 g/mol. The van der Waals surface area contributed by atoms with Gasteiger partial charge < -0.3 is 9.84 Å². The van der Waals surface area contributed by atoms with Crippen LogP contribution in [-0.4, -0.2) is 23.2 Å². The lowest BCUT2D eigenvalue weighted by Crippen LogP contribution is -2.29. The highest BCUT2D eigenvalue weighted by Crippen LogP contribution is 2.34. The summed E-state index contributed by atoms with van der Waals surface area (Å²) in [5, 5.41) is 7.59. The predicted molar refractivity (Wildman–Crippen MR) is 71.5 cm³/mol. The Morgan fingerprint density at radius 3 is 2.72 bits per heavy atom. The molecule has 1 aromatic rings. The number of hydrogen-bond acceptors (Lipinski definition) is 4. The van der Waals surface area contributed by atoms with Crippen LogP contribution in [0.2, 0.25) is 0 Å². The summed E-state index contributed by atoms with van der Waals surface area (Å²) in [7, 11) is 0. The first-order valence-corrected chi connectivity index (χ1v) is 6.99. The molecule has 0 aromatic carbocycles. The highest BCUT2D eigenvalue weighted by molar-refractivity contribution is 5.10. The summed E-state index contributed by atoms with van der Waals surface area (Å²) in [5.41, 5.74) is 0.283. The van der Waals surface area contributed by atoms with Gasteiger partial charge in [0.15, 0.2) is 5.82 Å². The van der Waals surface area contributed by atoms with E-state index in [4.69, 9.17) is 4.52 Å². The van der Waals surface area contributed by atoms with Crippen LogP contribution in [0.3, 0.4) is 0 Å². The smallest absolute Gasteiger partial charge is 0.234 e. The molecule has 2 rings (SSSR count). The lowest BCUT2D eigenvalue weighted by Gasteiger charge is -2.22. The summed E-state index contributed by atoms with van der Waals surface area (Å²) >= 11 is 0. The van der Waals surface area contributed by atoms with Crippen LogP contribution in [0.25, 0.3) is 0 Å². The molecule has 1 atom stereocenters. The van der Waals surface area contributed by atoms with Crippen LogP contribution < -0.4 is 5.32 Å². The van der Waals surface area contributed by atoms with Crippen LogP contribution >= 0.6 is 0 Å². The quantitative estimate of drug-likeness (QED) is 0.894. The van der Waals surface area contributed by atoms with Gasteiger partial charge in [-0.05, 0) is 24.8 Å². The minimum Gasteiger partial charge on any atom is -0.339 e. The largest absolute Gasteiger partial charge is 0.339 e. The van der Waals surface area contributed by atoms with Gasteiger partial charge in [0, 0.05) is 13.0 Å². The first-order valence-electron chi connectivity index (χ1n) is 6.99. The fourth-order valence-corrected chi connectivity index (χ4v) is 2.74. The van der Waals surface area contributed by atoms with Crippen LogP contribution in [0.5, 0.6) is 0 Å². The number of nitrogens with zero attached hydrogens (tertiary/aromatic N) is 2. The van der Waals surface area contributed by atoms with Crippen molar-refractivity contribution in [3.8, 4) is 0 Å². The molecule has 1 aromatic heterocycles. The maximum Gasteiger partial charge on any atom is 0.234 e. The maximum absolute atomic E-state index is 5.55. The van der Waals surface area contributed by atoms with Gasteiger partial charge in [-0.2, -0.15) is 4.98 Å². The number of aromatic nitrogens is 2. The highest BCUT2D eigenvalue weighted by Gasteiger charge is 2.40. The summed E-state index contributed by atoms with van der Waals surface area (Å²) in [4.78, 5) is 4.65. The van der Waals surface area contributed by atoms with Crippen molar-refractivity contribution in [2.45, 2.75) is 58.8 Å². The van der Waals surface area contributed by atoms with Gasteiger partial charge in [-0.3, -0.25) is 0 Å². The molecule has 1 N–H and O–H groups in total. The molecule has 4 nitrogen and oxygen atoms in total. The van der Waals surface area contributed by atoms with Crippen molar-refractivity contribution in [1.82, 2.24) is 15.5 Å². The third kappa shape index (κ3) is 2.91. The Balaban J connectivity index is 2.17. The first-order chi connectivity index (χ1) is 8.45. The summed E-state index contributed by atoms with van der Waals surface area (Å²) < 4.78 is 5.55. The van der Waals surface area contributed by atoms with E-state index in [1.807, 2.05) is 0 Å². The van der Waals surface area contributed by atoms with E-state index in [0.717, 1.165) is 50.5 Å². The van der Waals surface area contributed by atoms with E-state index in [1.54, 1.807) is 0 Å². The van der Waals surface area contributed by atoms with Gasteiger partial charge in [0.1, 0.15) is 0 Å². The van der Waals surface area contributed by atoms with Crippen LogP contribution in [0, 0.1) is 5.41 Å². The molecule has 102 valence electrons. The van der Waals surface area contributed by atoms with Gasteiger partial charge in [0.05, 0.1) is 5.41 Å². The summed E-state index contributed by atoms with van der Waals surface area (Å²) in [6.07, 6.45) is 4.25. The molecule has 0 spiro atoms. The molecule has 1 aliphatic rings. The Morgan fingerprint density at radius 2 is 2.17 bits per heavy atom. The second-order valence-electron chi connectivity index (χ2n) is 6.71. The fourth-order valence-electron chi connectivity index (χ4n) is 2.74. The van der Waals surface area contributed by atoms with Crippen LogP contribution in [-0.2, 0) is 11.8 Å². The SMILES string of the molecule is CCCC1(c2nc(CC(C)(C)C)no2)CCNC1. The third-order valence-corrected chi connectivity index (χ3v) is 3.58. The standard InChI is InChI=1S/C14H25N3O/c1-5-6-14(7-8-15-10-14)12-16-11(17-18-12)9-13(2,3)4/h15H,5-10H2,1-4H3. The molecule has 0 radical (unpaired) electrons. The zero-order valence-electron chi connectivity index (χ0n) is 12.0. The lowest BCUT2D eigenvalue weighted by molar-refractivity contribution is 0.274. The van der Waals surface area contributed by atoms with Gasteiger partial charge in [0.25, 0.3) is 0 Å². The van der Waals surface area contributed by atoms with Crippen molar-refractivity contribution in [3.63, 3.8) is 0 Å². The molecule has 18 heavy (non-hydrogen) atoms. The molecule has 1 unspecified atom stereocenters. The molecule has 4 heteroatoms. The van der Waals surface area contributed by atoms with Gasteiger partial charge in [0.2, 0.25) is 5.89 Å². The van der Waals surface area contributed by atoms with Crippen LogP contribution in [0.15, 0.2) is 4.52 Å². The van der Waals surface area contributed by atoms with E-state index >= 15 is 0 Å². The minimum atomic E-state index is 0.0812. The maximum atomic E-state index is 5.55. The van der Waals surface area contributed by atoms with E-state index in [9.17, 15) is 0 Å². The average Bonchev–Trinajstić information content (AvgIpc) is 2.85. The summed E-state index contributed by atoms with van der Waals surface area (Å²) in [6, 6.07) is 0. The van der Waals surface area contributed by atoms with Crippen molar-refractivity contribution in [2.24, 2.45) is 5.41 Å². The molecular weight excluding hydrogens is 226 g/mol. The zero-order valence-corrected chi connectivity index (χ0v) is 12.0. The second kappa shape index (κ2) is 5.00. The summed E-state index contributed by atoms with van der Waals surface area (Å²) in [6.45, 7) is 10.8. The normalized spacial score (nSPS) is 24.7. The molecule has 2 heterocycles. The molecule has 0 amide bonds. The van der Waals surface area contributed by atoms with E-state index in [2.05, 4.69) is 43.2 Å². The number of hydrogen-bond donors (Lipinski definition) is 1. The molecule has 1 saturated heterocycles. The monoisotopic (exact) mass is 251 g/mol. The van der Waals surface area contributed by atoms with E-state index in [0.29, 0.717) is 0 Å². The van der Waals surface area contributed by atoms with E-state index in [1.165, 1.54) is 0 Å². The molecular formula is C14H25N3O. The van der Waals surface area contributed by atoms with Crippen molar-refractivity contribution in [3.05, 3.63) is 11.7 Å². The Morgan fingerprint density at radius 1 is 1.39 bits per heavy atom. The number of nitrogens with one attached hydrogen (secondary N) is 1. The molecule has 0 saturated carbocycles. The Hall–Kier alpha value is -0.900. The Kier molecular flexibility index (Phi) is 3.76. The van der Waals surface area contributed by atoms with Crippen molar-refractivity contribution in [1.29, 1.82) is 0 Å². The molecule has 0 bridgehead atoms. The lowest BCUT2D eigenvalue weighted by atomic mass is 9.82. The second-order valence-corrected chi connectivity index (χ2v) is 6.71. The third-order valence-electron chi connectivity index (χ3n) is 3.58. The van der Waals surface area contributed by atoms with Crippen molar-refractivity contribution in [2.75, 3.05) is 13.1 Å². The molecule has 1 aliphatic heterocycles. The van der Waals surface area contributed by atoms with Crippen LogP contribution in [0.1, 0.15) is 58.7 Å². The molecule has 1 fully saturated rings. The zero-order chi connectivity index (χ0) is 13.2. The van der Waals surface area contributed by atoms with Crippen molar-refractivity contribution >= 4 is 0 Å². The Bertz CT molecular complexity index is 386. The van der Waals surface area contributed by atoms with Gasteiger partial charge in [-0.15, -0.1) is 0 Å². The van der Waals surface area contributed by atoms with Gasteiger partial charge in [-0.1, -0.05) is 39.3 Å². The van der Waals surface area contributed by atoms with E-state index in [-0.39, 0.29) is 10.8 Å². The van der Waals surface area contributed by atoms with E-state index < -0.39 is 0 Å². The van der Waals surface area contributed by atoms with Crippen molar-refractivity contribution < 1.29 is 4.52 Å². The van der Waals surface area contributed by atoms with Crippen LogP contribution in [0.4, 0.5) is 0 Å². The Labute approximate surface area is 110 Å². The predicted octanol–water partition coefficient (Wildman–Crippen LogP) is 2.69. The fraction of sp³-hybridized carbons (Fsp3) is 0.857.